The van der Waals surface area contributed by atoms with Crippen molar-refractivity contribution in [2.24, 2.45) is 0 Å². The number of benzene rings is 1. The molecule has 20 heavy (non-hydrogen) atoms. The molecule has 5 nitrogen and oxygen atoms in total. The second kappa shape index (κ2) is 9.20. The molecule has 1 aromatic carbocycles. The lowest BCUT2D eigenvalue weighted by molar-refractivity contribution is -0.117. The number of carbonyl (C=O) groups is 1. The van der Waals surface area contributed by atoms with Crippen LogP contribution in [0.3, 0.4) is 0 Å². The summed E-state index contributed by atoms with van der Waals surface area (Å²) in [4.78, 5) is 11.8. The minimum atomic E-state index is -0.107. The SMILES string of the molecule is CCCCCOCCC(=O)Nc1cc(N)ccc1OC. The number of methoxy groups -OCH3 is 1. The molecule has 0 saturated heterocycles. The number of anilines is 2. The van der Waals surface area contributed by atoms with Crippen molar-refractivity contribution < 1.29 is 14.3 Å². The largest absolute Gasteiger partial charge is 0.495 e. The molecule has 0 atom stereocenters. The van der Waals surface area contributed by atoms with Gasteiger partial charge < -0.3 is 20.5 Å². The van der Waals surface area contributed by atoms with Crippen LogP contribution in [0.25, 0.3) is 0 Å². The van der Waals surface area contributed by atoms with Crippen molar-refractivity contribution in [3.63, 3.8) is 0 Å². The number of hydrogen-bond donors (Lipinski definition) is 2. The van der Waals surface area contributed by atoms with E-state index in [1.807, 2.05) is 0 Å². The standard InChI is InChI=1S/C15H24N2O3/c1-3-4-5-9-20-10-8-15(18)17-13-11-12(16)6-7-14(13)19-2/h6-7,11H,3-5,8-10,16H2,1-2H3,(H,17,18). The average molecular weight is 280 g/mol. The van der Waals surface area contributed by atoms with Crippen molar-refractivity contribution in [1.29, 1.82) is 0 Å². The highest BCUT2D eigenvalue weighted by molar-refractivity contribution is 5.92. The zero-order valence-electron chi connectivity index (χ0n) is 12.3. The van der Waals surface area contributed by atoms with Crippen molar-refractivity contribution >= 4 is 17.3 Å². The summed E-state index contributed by atoms with van der Waals surface area (Å²) in [5, 5.41) is 2.78. The number of carbonyl (C=O) groups excluding carboxylic acids is 1. The average Bonchev–Trinajstić information content (AvgIpc) is 2.43. The number of hydrogen-bond acceptors (Lipinski definition) is 4. The van der Waals surface area contributed by atoms with E-state index < -0.39 is 0 Å². The Morgan fingerprint density at radius 1 is 1.30 bits per heavy atom. The maximum absolute atomic E-state index is 11.8. The van der Waals surface area contributed by atoms with Crippen LogP contribution in [0.15, 0.2) is 18.2 Å². The molecule has 112 valence electrons. The first-order valence-corrected chi connectivity index (χ1v) is 6.98. The molecule has 0 unspecified atom stereocenters. The molecule has 0 aliphatic heterocycles. The molecule has 3 N–H and O–H groups in total. The van der Waals surface area contributed by atoms with Gasteiger partial charge in [-0.1, -0.05) is 19.8 Å². The summed E-state index contributed by atoms with van der Waals surface area (Å²) in [5.74, 6) is 0.487. The summed E-state index contributed by atoms with van der Waals surface area (Å²) < 4.78 is 10.6. The molecule has 1 amide bonds. The molecule has 0 bridgehead atoms. The summed E-state index contributed by atoms with van der Waals surface area (Å²) in [7, 11) is 1.55. The van der Waals surface area contributed by atoms with Gasteiger partial charge in [-0.05, 0) is 24.6 Å². The van der Waals surface area contributed by atoms with Crippen LogP contribution in [0, 0.1) is 0 Å². The fourth-order valence-electron chi connectivity index (χ4n) is 1.76. The van der Waals surface area contributed by atoms with E-state index in [0.717, 1.165) is 12.8 Å². The maximum Gasteiger partial charge on any atom is 0.226 e. The fraction of sp³-hybridized carbons (Fsp3) is 0.533. The van der Waals surface area contributed by atoms with Crippen molar-refractivity contribution in [1.82, 2.24) is 0 Å². The van der Waals surface area contributed by atoms with Crippen molar-refractivity contribution in [2.75, 3.05) is 31.4 Å². The number of rotatable bonds is 9. The quantitative estimate of drug-likeness (QED) is 0.539. The minimum absolute atomic E-state index is 0.107. The molecule has 0 spiro atoms. The van der Waals surface area contributed by atoms with Gasteiger partial charge >= 0.3 is 0 Å². The number of unbranched alkanes of at least 4 members (excludes halogenated alkanes) is 2. The minimum Gasteiger partial charge on any atom is -0.495 e. The van der Waals surface area contributed by atoms with E-state index in [1.54, 1.807) is 25.3 Å². The van der Waals surface area contributed by atoms with Gasteiger partial charge in [0.1, 0.15) is 5.75 Å². The number of nitrogen functional groups attached to an aromatic ring is 1. The molecule has 0 radical (unpaired) electrons. The highest BCUT2D eigenvalue weighted by Gasteiger charge is 2.07. The molecular weight excluding hydrogens is 256 g/mol. The Kier molecular flexibility index (Phi) is 7.50. The Balaban J connectivity index is 2.33. The van der Waals surface area contributed by atoms with E-state index in [1.165, 1.54) is 6.42 Å². The Hall–Kier alpha value is -1.75. The third-order valence-electron chi connectivity index (χ3n) is 2.86. The summed E-state index contributed by atoms with van der Waals surface area (Å²) in [6, 6.07) is 5.14. The van der Waals surface area contributed by atoms with Crippen LogP contribution in [0.2, 0.25) is 0 Å². The van der Waals surface area contributed by atoms with Gasteiger partial charge in [-0.15, -0.1) is 0 Å². The zero-order valence-corrected chi connectivity index (χ0v) is 12.3. The molecule has 0 aromatic heterocycles. The highest BCUT2D eigenvalue weighted by atomic mass is 16.5. The van der Waals surface area contributed by atoms with Crippen LogP contribution >= 0.6 is 0 Å². The van der Waals surface area contributed by atoms with Crippen LogP contribution in [0.4, 0.5) is 11.4 Å². The molecule has 0 heterocycles. The smallest absolute Gasteiger partial charge is 0.226 e. The first kappa shape index (κ1) is 16.3. The van der Waals surface area contributed by atoms with Crippen LogP contribution in [0.1, 0.15) is 32.6 Å². The van der Waals surface area contributed by atoms with Gasteiger partial charge in [0.2, 0.25) is 5.91 Å². The molecular formula is C15H24N2O3. The number of amides is 1. The lowest BCUT2D eigenvalue weighted by Gasteiger charge is -2.11. The Morgan fingerprint density at radius 2 is 2.10 bits per heavy atom. The molecule has 1 rings (SSSR count). The zero-order chi connectivity index (χ0) is 14.8. The van der Waals surface area contributed by atoms with Gasteiger partial charge in [0.25, 0.3) is 0 Å². The molecule has 0 fully saturated rings. The van der Waals surface area contributed by atoms with Gasteiger partial charge in [-0.2, -0.15) is 0 Å². The topological polar surface area (TPSA) is 73.6 Å². The van der Waals surface area contributed by atoms with Crippen LogP contribution < -0.4 is 15.8 Å². The summed E-state index contributed by atoms with van der Waals surface area (Å²) >= 11 is 0. The van der Waals surface area contributed by atoms with E-state index in [4.69, 9.17) is 15.2 Å². The first-order chi connectivity index (χ1) is 9.67. The van der Waals surface area contributed by atoms with Crippen molar-refractivity contribution in [3.05, 3.63) is 18.2 Å². The molecule has 0 saturated carbocycles. The number of ether oxygens (including phenoxy) is 2. The van der Waals surface area contributed by atoms with Gasteiger partial charge in [0, 0.05) is 12.3 Å². The summed E-state index contributed by atoms with van der Waals surface area (Å²) in [6.07, 6.45) is 3.69. The third kappa shape index (κ3) is 5.93. The predicted molar refractivity (Wildman–Crippen MR) is 81.0 cm³/mol. The maximum atomic E-state index is 11.8. The van der Waals surface area contributed by atoms with Crippen LogP contribution in [-0.2, 0) is 9.53 Å². The third-order valence-corrected chi connectivity index (χ3v) is 2.86. The molecule has 0 aliphatic carbocycles. The number of nitrogens with one attached hydrogen (secondary N) is 1. The first-order valence-electron chi connectivity index (χ1n) is 6.98. The van der Waals surface area contributed by atoms with E-state index in [0.29, 0.717) is 36.8 Å². The normalized spacial score (nSPS) is 10.3. The molecule has 1 aromatic rings. The van der Waals surface area contributed by atoms with Gasteiger partial charge in [-0.25, -0.2) is 0 Å². The second-order valence-electron chi connectivity index (χ2n) is 4.58. The monoisotopic (exact) mass is 280 g/mol. The fourth-order valence-corrected chi connectivity index (χ4v) is 1.76. The van der Waals surface area contributed by atoms with Crippen molar-refractivity contribution in [3.8, 4) is 5.75 Å². The molecule has 5 heteroatoms. The van der Waals surface area contributed by atoms with Gasteiger partial charge in [0.15, 0.2) is 0 Å². The summed E-state index contributed by atoms with van der Waals surface area (Å²) in [5.41, 5.74) is 6.86. The summed E-state index contributed by atoms with van der Waals surface area (Å²) in [6.45, 7) is 3.29. The van der Waals surface area contributed by atoms with E-state index in [-0.39, 0.29) is 5.91 Å². The highest BCUT2D eigenvalue weighted by Crippen LogP contribution is 2.26. The molecule has 0 aliphatic rings. The van der Waals surface area contributed by atoms with E-state index >= 15 is 0 Å². The lowest BCUT2D eigenvalue weighted by atomic mass is 10.2. The predicted octanol–water partition coefficient (Wildman–Crippen LogP) is 2.81. The second-order valence-corrected chi connectivity index (χ2v) is 4.58. The van der Waals surface area contributed by atoms with Crippen LogP contribution in [0.5, 0.6) is 5.75 Å². The van der Waals surface area contributed by atoms with E-state index in [2.05, 4.69) is 12.2 Å². The Morgan fingerprint density at radius 3 is 2.80 bits per heavy atom. The number of nitrogens with two attached hydrogens (primary N) is 1. The van der Waals surface area contributed by atoms with Gasteiger partial charge in [0.05, 0.1) is 25.8 Å². The Bertz CT molecular complexity index is 422. The van der Waals surface area contributed by atoms with Crippen molar-refractivity contribution in [2.45, 2.75) is 32.6 Å². The van der Waals surface area contributed by atoms with Gasteiger partial charge in [-0.3, -0.25) is 4.79 Å². The lowest BCUT2D eigenvalue weighted by Crippen LogP contribution is -2.15. The Labute approximate surface area is 120 Å². The van der Waals surface area contributed by atoms with E-state index in [9.17, 15) is 4.79 Å². The van der Waals surface area contributed by atoms with Crippen LogP contribution in [-0.4, -0.2) is 26.2 Å².